The van der Waals surface area contributed by atoms with E-state index in [-0.39, 0.29) is 17.9 Å². The number of phenols is 1. The number of benzene rings is 2. The quantitative estimate of drug-likeness (QED) is 0.644. The number of aromatic hydroxyl groups is 1. The number of esters is 1. The van der Waals surface area contributed by atoms with Crippen molar-refractivity contribution in [3.8, 4) is 11.5 Å². The standard InChI is InChI=1S/C19H21NO6/c1-25-16-11-12(8-9-14(16)21)10-15(22)18(23)20-17(19(24)26-2)13-6-4-3-5-7-13/h3-9,11,15,17,21-22H,10H2,1-2H3,(H,20,23)/t15-,17-/m1/s1. The molecule has 0 aliphatic carbocycles. The molecule has 0 heterocycles. The SMILES string of the molecule is COC(=O)[C@H](NC(=O)[C@H](O)Cc1ccc(O)c(OC)c1)c1ccccc1. The lowest BCUT2D eigenvalue weighted by Crippen LogP contribution is -2.41. The van der Waals surface area contributed by atoms with E-state index >= 15 is 0 Å². The second-order valence-electron chi connectivity index (χ2n) is 5.60. The Bertz CT molecular complexity index is 762. The first-order valence-electron chi connectivity index (χ1n) is 7.93. The highest BCUT2D eigenvalue weighted by Crippen LogP contribution is 2.26. The van der Waals surface area contributed by atoms with E-state index in [1.165, 1.54) is 26.4 Å². The number of aliphatic hydroxyl groups is 1. The number of ether oxygens (including phenoxy) is 2. The molecule has 2 aromatic carbocycles. The van der Waals surface area contributed by atoms with Crippen molar-refractivity contribution in [2.24, 2.45) is 0 Å². The zero-order valence-electron chi connectivity index (χ0n) is 14.5. The molecule has 3 N–H and O–H groups in total. The number of phenolic OH excluding ortho intramolecular Hbond substituents is 1. The Morgan fingerprint density at radius 2 is 1.81 bits per heavy atom. The fourth-order valence-electron chi connectivity index (χ4n) is 2.45. The molecular formula is C19H21NO6. The average Bonchev–Trinajstić information content (AvgIpc) is 2.67. The van der Waals surface area contributed by atoms with Crippen LogP contribution in [-0.2, 0) is 20.7 Å². The lowest BCUT2D eigenvalue weighted by Gasteiger charge is -2.19. The van der Waals surface area contributed by atoms with E-state index in [9.17, 15) is 19.8 Å². The van der Waals surface area contributed by atoms with Gasteiger partial charge >= 0.3 is 5.97 Å². The molecule has 0 saturated carbocycles. The van der Waals surface area contributed by atoms with E-state index in [0.29, 0.717) is 11.1 Å². The monoisotopic (exact) mass is 359 g/mol. The molecule has 0 aliphatic rings. The maximum Gasteiger partial charge on any atom is 0.333 e. The van der Waals surface area contributed by atoms with E-state index in [2.05, 4.69) is 5.32 Å². The van der Waals surface area contributed by atoms with Gasteiger partial charge < -0.3 is 25.0 Å². The van der Waals surface area contributed by atoms with Crippen LogP contribution in [0.4, 0.5) is 0 Å². The van der Waals surface area contributed by atoms with Gasteiger partial charge in [-0.25, -0.2) is 4.79 Å². The minimum atomic E-state index is -1.39. The number of hydrogen-bond donors (Lipinski definition) is 3. The Kier molecular flexibility index (Phi) is 6.57. The summed E-state index contributed by atoms with van der Waals surface area (Å²) in [5.74, 6) is -1.14. The van der Waals surface area contributed by atoms with Gasteiger partial charge in [0, 0.05) is 6.42 Å². The van der Waals surface area contributed by atoms with Crippen LogP contribution in [0.5, 0.6) is 11.5 Å². The number of nitrogens with one attached hydrogen (secondary N) is 1. The van der Waals surface area contributed by atoms with Crippen LogP contribution >= 0.6 is 0 Å². The third kappa shape index (κ3) is 4.73. The third-order valence-corrected chi connectivity index (χ3v) is 3.83. The Hall–Kier alpha value is -3.06. The summed E-state index contributed by atoms with van der Waals surface area (Å²) in [5.41, 5.74) is 1.14. The van der Waals surface area contributed by atoms with Crippen LogP contribution in [0, 0.1) is 0 Å². The first kappa shape index (κ1) is 19.3. The summed E-state index contributed by atoms with van der Waals surface area (Å²) in [6.07, 6.45) is -1.40. The molecule has 26 heavy (non-hydrogen) atoms. The summed E-state index contributed by atoms with van der Waals surface area (Å²) in [4.78, 5) is 24.3. The predicted octanol–water partition coefficient (Wildman–Crippen LogP) is 1.33. The number of carbonyl (C=O) groups excluding carboxylic acids is 2. The number of rotatable bonds is 7. The number of aliphatic hydroxyl groups excluding tert-OH is 1. The number of amides is 1. The fourth-order valence-corrected chi connectivity index (χ4v) is 2.45. The number of carbonyl (C=O) groups is 2. The first-order chi connectivity index (χ1) is 12.5. The fraction of sp³-hybridized carbons (Fsp3) is 0.263. The molecule has 0 saturated heterocycles. The van der Waals surface area contributed by atoms with Crippen LogP contribution in [-0.4, -0.2) is 42.4 Å². The van der Waals surface area contributed by atoms with Crippen molar-refractivity contribution in [2.75, 3.05) is 14.2 Å². The minimum Gasteiger partial charge on any atom is -0.504 e. The van der Waals surface area contributed by atoms with Gasteiger partial charge in [0.2, 0.25) is 5.91 Å². The molecule has 1 amide bonds. The van der Waals surface area contributed by atoms with Crippen LogP contribution in [0.3, 0.4) is 0 Å². The molecule has 7 nitrogen and oxygen atoms in total. The average molecular weight is 359 g/mol. The summed E-state index contributed by atoms with van der Waals surface area (Å²) in [6.45, 7) is 0. The molecule has 0 spiro atoms. The zero-order chi connectivity index (χ0) is 19.1. The largest absolute Gasteiger partial charge is 0.504 e. The van der Waals surface area contributed by atoms with E-state index in [1.54, 1.807) is 36.4 Å². The Morgan fingerprint density at radius 1 is 1.12 bits per heavy atom. The van der Waals surface area contributed by atoms with Gasteiger partial charge in [0.1, 0.15) is 6.10 Å². The third-order valence-electron chi connectivity index (χ3n) is 3.83. The van der Waals surface area contributed by atoms with Crippen LogP contribution < -0.4 is 10.1 Å². The van der Waals surface area contributed by atoms with Gasteiger partial charge in [-0.2, -0.15) is 0 Å². The first-order valence-corrected chi connectivity index (χ1v) is 7.93. The van der Waals surface area contributed by atoms with E-state index in [1.807, 2.05) is 0 Å². The Balaban J connectivity index is 2.10. The van der Waals surface area contributed by atoms with Crippen LogP contribution in [0.15, 0.2) is 48.5 Å². The van der Waals surface area contributed by atoms with Crippen molar-refractivity contribution in [1.29, 1.82) is 0 Å². The predicted molar refractivity (Wildman–Crippen MR) is 93.7 cm³/mol. The van der Waals surface area contributed by atoms with Crippen LogP contribution in [0.25, 0.3) is 0 Å². The second-order valence-corrected chi connectivity index (χ2v) is 5.60. The Morgan fingerprint density at radius 3 is 2.42 bits per heavy atom. The molecular weight excluding hydrogens is 338 g/mol. The highest BCUT2D eigenvalue weighted by Gasteiger charge is 2.26. The van der Waals surface area contributed by atoms with Gasteiger partial charge in [0.25, 0.3) is 0 Å². The van der Waals surface area contributed by atoms with Crippen molar-refractivity contribution < 1.29 is 29.3 Å². The number of methoxy groups -OCH3 is 2. The molecule has 0 aromatic heterocycles. The van der Waals surface area contributed by atoms with E-state index < -0.39 is 24.0 Å². The summed E-state index contributed by atoms with van der Waals surface area (Å²) in [5, 5.41) is 22.3. The van der Waals surface area contributed by atoms with Gasteiger partial charge in [-0.1, -0.05) is 36.4 Å². The molecule has 7 heteroatoms. The maximum atomic E-state index is 12.3. The smallest absolute Gasteiger partial charge is 0.333 e. The highest BCUT2D eigenvalue weighted by molar-refractivity contribution is 5.87. The second kappa shape index (κ2) is 8.87. The van der Waals surface area contributed by atoms with Crippen molar-refractivity contribution in [2.45, 2.75) is 18.6 Å². The highest BCUT2D eigenvalue weighted by atomic mass is 16.5. The molecule has 2 atom stereocenters. The summed E-state index contributed by atoms with van der Waals surface area (Å²) >= 11 is 0. The summed E-state index contributed by atoms with van der Waals surface area (Å²) < 4.78 is 9.73. The summed E-state index contributed by atoms with van der Waals surface area (Å²) in [6, 6.07) is 12.1. The van der Waals surface area contributed by atoms with Gasteiger partial charge in [-0.3, -0.25) is 4.79 Å². The minimum absolute atomic E-state index is 0.00877. The zero-order valence-corrected chi connectivity index (χ0v) is 14.5. The van der Waals surface area contributed by atoms with Crippen molar-refractivity contribution >= 4 is 11.9 Å². The van der Waals surface area contributed by atoms with Crippen molar-refractivity contribution in [1.82, 2.24) is 5.32 Å². The molecule has 0 radical (unpaired) electrons. The van der Waals surface area contributed by atoms with Gasteiger partial charge in [0.05, 0.1) is 14.2 Å². The lowest BCUT2D eigenvalue weighted by atomic mass is 10.0. The van der Waals surface area contributed by atoms with E-state index in [4.69, 9.17) is 9.47 Å². The van der Waals surface area contributed by atoms with Gasteiger partial charge in [0.15, 0.2) is 17.5 Å². The normalized spacial score (nSPS) is 12.7. The number of hydrogen-bond acceptors (Lipinski definition) is 6. The molecule has 138 valence electrons. The molecule has 0 aliphatic heterocycles. The molecule has 2 rings (SSSR count). The summed E-state index contributed by atoms with van der Waals surface area (Å²) in [7, 11) is 2.63. The van der Waals surface area contributed by atoms with E-state index in [0.717, 1.165) is 0 Å². The van der Waals surface area contributed by atoms with Crippen molar-refractivity contribution in [3.05, 3.63) is 59.7 Å². The molecule has 2 aromatic rings. The molecule has 0 fully saturated rings. The van der Waals surface area contributed by atoms with Crippen LogP contribution in [0.1, 0.15) is 17.2 Å². The lowest BCUT2D eigenvalue weighted by molar-refractivity contribution is -0.146. The molecule has 0 unspecified atom stereocenters. The maximum absolute atomic E-state index is 12.3. The van der Waals surface area contributed by atoms with Gasteiger partial charge in [-0.05, 0) is 23.3 Å². The van der Waals surface area contributed by atoms with Crippen molar-refractivity contribution in [3.63, 3.8) is 0 Å². The van der Waals surface area contributed by atoms with Gasteiger partial charge in [-0.15, -0.1) is 0 Å². The molecule has 0 bridgehead atoms. The van der Waals surface area contributed by atoms with Crippen LogP contribution in [0.2, 0.25) is 0 Å². The topological polar surface area (TPSA) is 105 Å². The Labute approximate surface area is 151 Å².